The third-order valence-electron chi connectivity index (χ3n) is 2.85. The molecule has 0 atom stereocenters. The summed E-state index contributed by atoms with van der Waals surface area (Å²) in [6.07, 6.45) is 0.136. The Morgan fingerprint density at radius 2 is 1.47 bits per heavy atom. The predicted octanol–water partition coefficient (Wildman–Crippen LogP) is 0.356. The molecule has 0 rings (SSSR count). The van der Waals surface area contributed by atoms with Crippen LogP contribution in [-0.2, 0) is 9.13 Å². The fraction of sp³-hybridized carbons (Fsp3) is 1.00. The van der Waals surface area contributed by atoms with Gasteiger partial charge < -0.3 is 29.6 Å². The Labute approximate surface area is 112 Å². The molecule has 0 radical (unpaired) electrons. The fourth-order valence-electron chi connectivity index (χ4n) is 1.39. The van der Waals surface area contributed by atoms with E-state index >= 15 is 0 Å². The van der Waals surface area contributed by atoms with Crippen LogP contribution in [0.4, 0.5) is 0 Å². The molecule has 19 heavy (non-hydrogen) atoms. The van der Waals surface area contributed by atoms with Crippen LogP contribution in [0.2, 0.25) is 0 Å². The molecule has 0 spiro atoms. The summed E-state index contributed by atoms with van der Waals surface area (Å²) in [5.41, 5.74) is 0. The maximum absolute atomic E-state index is 11.1. The Morgan fingerprint density at radius 1 is 1.05 bits per heavy atom. The van der Waals surface area contributed by atoms with Crippen molar-refractivity contribution in [2.75, 3.05) is 20.1 Å². The standard InChI is InChI=1S/C9H23NO7P2/c1-8(2)4-6-10(3)7-5-9(11,18(12,13)14)19(15,16)17/h8,11H,4-7H2,1-3H3,(H2,12,13,14)(H2,15,16,17). The Morgan fingerprint density at radius 3 is 1.79 bits per heavy atom. The quantitative estimate of drug-likeness (QED) is 0.404. The molecular formula is C9H23NO7P2. The smallest absolute Gasteiger partial charge is 0.367 e. The van der Waals surface area contributed by atoms with Gasteiger partial charge in [-0.2, -0.15) is 0 Å². The van der Waals surface area contributed by atoms with Crippen molar-refractivity contribution in [3.63, 3.8) is 0 Å². The summed E-state index contributed by atoms with van der Waals surface area (Å²) in [4.78, 5) is 37.5. The van der Waals surface area contributed by atoms with E-state index in [1.807, 2.05) is 13.8 Å². The van der Waals surface area contributed by atoms with E-state index in [0.717, 1.165) is 6.42 Å². The molecule has 0 bridgehead atoms. The minimum absolute atomic E-state index is 0.0283. The number of nitrogens with zero attached hydrogens (tertiary/aromatic N) is 1. The molecule has 0 saturated heterocycles. The molecule has 0 aromatic heterocycles. The van der Waals surface area contributed by atoms with E-state index in [1.165, 1.54) is 0 Å². The van der Waals surface area contributed by atoms with E-state index in [-0.39, 0.29) is 6.54 Å². The molecule has 0 fully saturated rings. The molecule has 0 saturated carbocycles. The Bertz CT molecular complexity index is 353. The zero-order valence-electron chi connectivity index (χ0n) is 11.3. The van der Waals surface area contributed by atoms with Crippen LogP contribution in [0.25, 0.3) is 0 Å². The lowest BCUT2D eigenvalue weighted by molar-refractivity contribution is 0.111. The molecule has 0 aliphatic heterocycles. The van der Waals surface area contributed by atoms with E-state index in [1.54, 1.807) is 11.9 Å². The molecule has 5 N–H and O–H groups in total. The van der Waals surface area contributed by atoms with Crippen LogP contribution in [0.5, 0.6) is 0 Å². The average Bonchev–Trinajstić information content (AvgIpc) is 2.19. The number of hydrogen-bond donors (Lipinski definition) is 5. The average molecular weight is 319 g/mol. The number of hydrogen-bond acceptors (Lipinski definition) is 4. The normalized spacial score (nSPS) is 14.4. The van der Waals surface area contributed by atoms with Crippen LogP contribution in [-0.4, -0.2) is 54.8 Å². The van der Waals surface area contributed by atoms with Gasteiger partial charge >= 0.3 is 15.2 Å². The second-order valence-corrected chi connectivity index (χ2v) is 9.11. The third-order valence-corrected chi connectivity index (χ3v) is 6.73. The summed E-state index contributed by atoms with van der Waals surface area (Å²) in [6.45, 7) is 4.60. The Balaban J connectivity index is 4.72. The van der Waals surface area contributed by atoms with Gasteiger partial charge in [-0.05, 0) is 25.9 Å². The first-order valence-electron chi connectivity index (χ1n) is 5.83. The lowest BCUT2D eigenvalue weighted by atomic mass is 10.1. The van der Waals surface area contributed by atoms with Crippen LogP contribution >= 0.6 is 15.2 Å². The Hall–Kier alpha value is 0.220. The van der Waals surface area contributed by atoms with E-state index < -0.39 is 26.7 Å². The molecule has 116 valence electrons. The van der Waals surface area contributed by atoms with Crippen molar-refractivity contribution < 1.29 is 33.8 Å². The summed E-state index contributed by atoms with van der Waals surface area (Å²) in [5, 5.41) is 6.34. The summed E-state index contributed by atoms with van der Waals surface area (Å²) in [7, 11) is -9.02. The summed E-state index contributed by atoms with van der Waals surface area (Å²) in [6, 6.07) is 0. The highest BCUT2D eigenvalue weighted by atomic mass is 31.2. The van der Waals surface area contributed by atoms with Crippen LogP contribution < -0.4 is 0 Å². The van der Waals surface area contributed by atoms with Gasteiger partial charge in [0, 0.05) is 13.0 Å². The van der Waals surface area contributed by atoms with Gasteiger partial charge in [0.15, 0.2) is 0 Å². The molecular weight excluding hydrogens is 296 g/mol. The maximum atomic E-state index is 11.1. The third kappa shape index (κ3) is 5.61. The van der Waals surface area contributed by atoms with Crippen molar-refractivity contribution in [1.82, 2.24) is 4.90 Å². The van der Waals surface area contributed by atoms with Gasteiger partial charge in [-0.3, -0.25) is 9.13 Å². The molecule has 0 unspecified atom stereocenters. The molecule has 0 aliphatic rings. The summed E-state index contributed by atoms with van der Waals surface area (Å²) in [5.74, 6) is 0.435. The zero-order chi connectivity index (χ0) is 15.5. The van der Waals surface area contributed by atoms with Crippen molar-refractivity contribution in [1.29, 1.82) is 0 Å². The van der Waals surface area contributed by atoms with Crippen molar-refractivity contribution in [3.05, 3.63) is 0 Å². The Kier molecular flexibility index (Phi) is 6.86. The van der Waals surface area contributed by atoms with Crippen molar-refractivity contribution in [2.24, 2.45) is 5.92 Å². The second-order valence-electron chi connectivity index (χ2n) is 5.10. The highest BCUT2D eigenvalue weighted by Gasteiger charge is 2.58. The van der Waals surface area contributed by atoms with E-state index in [2.05, 4.69) is 0 Å². The first-order chi connectivity index (χ1) is 8.31. The van der Waals surface area contributed by atoms with Gasteiger partial charge in [0.1, 0.15) is 0 Å². The van der Waals surface area contributed by atoms with Gasteiger partial charge in [-0.15, -0.1) is 0 Å². The number of aliphatic hydroxyl groups is 1. The first-order valence-corrected chi connectivity index (χ1v) is 9.06. The monoisotopic (exact) mass is 319 g/mol. The largest absolute Gasteiger partial charge is 0.369 e. The van der Waals surface area contributed by atoms with Gasteiger partial charge in [0.25, 0.3) is 5.08 Å². The van der Waals surface area contributed by atoms with Gasteiger partial charge in [0.2, 0.25) is 0 Å². The van der Waals surface area contributed by atoms with Crippen LogP contribution in [0.15, 0.2) is 0 Å². The molecule has 0 heterocycles. The number of rotatable bonds is 8. The van der Waals surface area contributed by atoms with Gasteiger partial charge in [0.05, 0.1) is 0 Å². The first kappa shape index (κ1) is 19.2. The molecule has 0 amide bonds. The van der Waals surface area contributed by atoms with E-state index in [0.29, 0.717) is 12.5 Å². The SMILES string of the molecule is CC(C)CCN(C)CCC(O)(P(=O)(O)O)P(=O)(O)O. The fourth-order valence-corrected chi connectivity index (χ4v) is 3.53. The molecule has 0 aliphatic carbocycles. The van der Waals surface area contributed by atoms with Crippen LogP contribution in [0.1, 0.15) is 26.7 Å². The topological polar surface area (TPSA) is 139 Å². The molecule has 0 aromatic carbocycles. The molecule has 0 aromatic rings. The van der Waals surface area contributed by atoms with E-state index in [9.17, 15) is 14.2 Å². The van der Waals surface area contributed by atoms with Crippen molar-refractivity contribution >= 4 is 15.2 Å². The van der Waals surface area contributed by atoms with Crippen molar-refractivity contribution in [3.8, 4) is 0 Å². The summed E-state index contributed by atoms with van der Waals surface area (Å²) >= 11 is 0. The zero-order valence-corrected chi connectivity index (χ0v) is 13.1. The lowest BCUT2D eigenvalue weighted by Crippen LogP contribution is -2.34. The second kappa shape index (κ2) is 6.78. The highest BCUT2D eigenvalue weighted by Crippen LogP contribution is 2.68. The highest BCUT2D eigenvalue weighted by molar-refractivity contribution is 7.72. The van der Waals surface area contributed by atoms with Crippen molar-refractivity contribution in [2.45, 2.75) is 31.8 Å². The molecule has 8 nitrogen and oxygen atoms in total. The van der Waals surface area contributed by atoms with Gasteiger partial charge in [-0.25, -0.2) is 0 Å². The predicted molar refractivity (Wildman–Crippen MR) is 70.6 cm³/mol. The summed E-state index contributed by atoms with van der Waals surface area (Å²) < 4.78 is 22.2. The lowest BCUT2D eigenvalue weighted by Gasteiger charge is -2.30. The van der Waals surface area contributed by atoms with E-state index in [4.69, 9.17) is 19.6 Å². The minimum atomic E-state index is -5.34. The van der Waals surface area contributed by atoms with Gasteiger partial charge in [-0.1, -0.05) is 13.8 Å². The van der Waals surface area contributed by atoms with Crippen LogP contribution in [0.3, 0.4) is 0 Å². The minimum Gasteiger partial charge on any atom is -0.367 e. The van der Waals surface area contributed by atoms with Crippen LogP contribution in [0, 0.1) is 5.92 Å². The molecule has 10 heteroatoms. The maximum Gasteiger partial charge on any atom is 0.369 e.